The molecule has 0 bridgehead atoms. The van der Waals surface area contributed by atoms with Gasteiger partial charge in [0.05, 0.1) is 0 Å². The second-order valence-electron chi connectivity index (χ2n) is 2.72. The fourth-order valence-electron chi connectivity index (χ4n) is 0.948. The Kier molecular flexibility index (Phi) is 2.31. The Morgan fingerprint density at radius 1 is 1.33 bits per heavy atom. The van der Waals surface area contributed by atoms with Crippen molar-refractivity contribution < 1.29 is 8.78 Å². The van der Waals surface area contributed by atoms with E-state index in [1.807, 2.05) is 0 Å². The monoisotopic (exact) mass is 171 g/mol. The molecule has 66 valence electrons. The molecule has 1 nitrogen and oxygen atoms in total. The van der Waals surface area contributed by atoms with Crippen LogP contribution in [0.15, 0.2) is 24.3 Å². The summed E-state index contributed by atoms with van der Waals surface area (Å²) in [5.41, 5.74) is 0.739. The molecule has 0 aliphatic carbocycles. The largest absolute Gasteiger partial charge is 0.388 e. The number of halogens is 2. The Bertz CT molecular complexity index is 265. The fourth-order valence-corrected chi connectivity index (χ4v) is 0.948. The topological polar surface area (TPSA) is 12.0 Å². The maximum atomic E-state index is 12.7. The van der Waals surface area contributed by atoms with Crippen molar-refractivity contribution in [3.05, 3.63) is 29.8 Å². The van der Waals surface area contributed by atoms with Crippen LogP contribution in [0.25, 0.3) is 0 Å². The van der Waals surface area contributed by atoms with Crippen molar-refractivity contribution >= 4 is 5.69 Å². The van der Waals surface area contributed by atoms with E-state index in [0.29, 0.717) is 5.69 Å². The number of anilines is 1. The number of benzene rings is 1. The summed E-state index contributed by atoms with van der Waals surface area (Å²) in [6, 6.07) is 6.22. The van der Waals surface area contributed by atoms with Crippen LogP contribution in [-0.4, -0.2) is 7.05 Å². The van der Waals surface area contributed by atoms with Gasteiger partial charge in [-0.15, -0.1) is 0 Å². The van der Waals surface area contributed by atoms with Crippen LogP contribution in [0.3, 0.4) is 0 Å². The van der Waals surface area contributed by atoms with E-state index in [4.69, 9.17) is 0 Å². The maximum Gasteiger partial charge on any atom is 0.270 e. The first-order chi connectivity index (χ1) is 5.54. The minimum atomic E-state index is -2.76. The molecule has 0 amide bonds. The fraction of sp³-hybridized carbons (Fsp3) is 0.333. The van der Waals surface area contributed by atoms with Crippen LogP contribution in [0.5, 0.6) is 0 Å². The molecule has 12 heavy (non-hydrogen) atoms. The quantitative estimate of drug-likeness (QED) is 0.721. The summed E-state index contributed by atoms with van der Waals surface area (Å²) < 4.78 is 25.5. The molecular formula is C9H11F2N. The van der Waals surface area contributed by atoms with Crippen LogP contribution >= 0.6 is 0 Å². The molecule has 0 unspecified atom stereocenters. The minimum Gasteiger partial charge on any atom is -0.388 e. The lowest BCUT2D eigenvalue weighted by molar-refractivity contribution is 0.0175. The number of rotatable bonds is 2. The van der Waals surface area contributed by atoms with Crippen molar-refractivity contribution in [3.8, 4) is 0 Å². The summed E-state index contributed by atoms with van der Waals surface area (Å²) in [7, 11) is 1.70. The molecule has 0 aliphatic heterocycles. The molecule has 0 fully saturated rings. The Labute approximate surface area is 70.4 Å². The van der Waals surface area contributed by atoms with Gasteiger partial charge in [-0.2, -0.15) is 0 Å². The van der Waals surface area contributed by atoms with Crippen LogP contribution in [0, 0.1) is 0 Å². The highest BCUT2D eigenvalue weighted by atomic mass is 19.3. The number of nitrogens with one attached hydrogen (secondary N) is 1. The second kappa shape index (κ2) is 3.09. The van der Waals surface area contributed by atoms with Gasteiger partial charge in [0.2, 0.25) is 0 Å². The Morgan fingerprint density at radius 2 is 2.00 bits per heavy atom. The zero-order valence-corrected chi connectivity index (χ0v) is 7.07. The van der Waals surface area contributed by atoms with E-state index in [2.05, 4.69) is 5.32 Å². The molecule has 3 heteroatoms. The molecule has 0 saturated heterocycles. The van der Waals surface area contributed by atoms with Gasteiger partial charge in [0.1, 0.15) is 0 Å². The van der Waals surface area contributed by atoms with Gasteiger partial charge in [0.15, 0.2) is 0 Å². The summed E-state index contributed by atoms with van der Waals surface area (Å²) in [5, 5.41) is 2.81. The average Bonchev–Trinajstić information content (AvgIpc) is 2.03. The van der Waals surface area contributed by atoms with Crippen LogP contribution in [0.4, 0.5) is 14.5 Å². The van der Waals surface area contributed by atoms with E-state index in [9.17, 15) is 8.78 Å². The predicted molar refractivity (Wildman–Crippen MR) is 45.6 cm³/mol. The van der Waals surface area contributed by atoms with Crippen LogP contribution in [0.2, 0.25) is 0 Å². The molecule has 0 saturated carbocycles. The lowest BCUT2D eigenvalue weighted by atomic mass is 10.1. The van der Waals surface area contributed by atoms with Crippen molar-refractivity contribution in [2.24, 2.45) is 0 Å². The van der Waals surface area contributed by atoms with Crippen molar-refractivity contribution in [2.45, 2.75) is 12.8 Å². The normalized spacial score (nSPS) is 11.3. The zero-order valence-electron chi connectivity index (χ0n) is 7.07. The van der Waals surface area contributed by atoms with E-state index in [0.717, 1.165) is 6.92 Å². The SMILES string of the molecule is CNc1cccc(C(C)(F)F)c1. The maximum absolute atomic E-state index is 12.7. The van der Waals surface area contributed by atoms with Gasteiger partial charge in [-0.1, -0.05) is 12.1 Å². The Balaban J connectivity index is 3.02. The van der Waals surface area contributed by atoms with Crippen molar-refractivity contribution in [1.29, 1.82) is 0 Å². The van der Waals surface area contributed by atoms with Crippen molar-refractivity contribution in [1.82, 2.24) is 0 Å². The smallest absolute Gasteiger partial charge is 0.270 e. The third kappa shape index (κ3) is 1.94. The highest BCUT2D eigenvalue weighted by Gasteiger charge is 2.23. The summed E-state index contributed by atoms with van der Waals surface area (Å²) in [6.07, 6.45) is 0. The zero-order chi connectivity index (χ0) is 9.19. The molecule has 0 spiro atoms. The third-order valence-corrected chi connectivity index (χ3v) is 1.66. The summed E-state index contributed by atoms with van der Waals surface area (Å²) in [6.45, 7) is 0.891. The molecule has 1 rings (SSSR count). The predicted octanol–water partition coefficient (Wildman–Crippen LogP) is 2.84. The van der Waals surface area contributed by atoms with Crippen LogP contribution < -0.4 is 5.32 Å². The minimum absolute atomic E-state index is 0.0364. The number of hydrogen-bond acceptors (Lipinski definition) is 1. The molecule has 0 aromatic heterocycles. The number of alkyl halides is 2. The van der Waals surface area contributed by atoms with E-state index in [1.165, 1.54) is 12.1 Å². The van der Waals surface area contributed by atoms with E-state index >= 15 is 0 Å². The van der Waals surface area contributed by atoms with Gasteiger partial charge >= 0.3 is 0 Å². The molecule has 0 radical (unpaired) electrons. The standard InChI is InChI=1S/C9H11F2N/c1-9(10,11)7-4-3-5-8(6-7)12-2/h3-6,12H,1-2H3. The van der Waals surface area contributed by atoms with E-state index < -0.39 is 5.92 Å². The lowest BCUT2D eigenvalue weighted by Gasteiger charge is -2.11. The molecule has 0 heterocycles. The third-order valence-electron chi connectivity index (χ3n) is 1.66. The van der Waals surface area contributed by atoms with Gasteiger partial charge in [-0.3, -0.25) is 0 Å². The van der Waals surface area contributed by atoms with Gasteiger partial charge < -0.3 is 5.32 Å². The van der Waals surface area contributed by atoms with Gasteiger partial charge in [0.25, 0.3) is 5.92 Å². The molecule has 0 aliphatic rings. The first kappa shape index (κ1) is 8.97. The van der Waals surface area contributed by atoms with Gasteiger partial charge in [-0.05, 0) is 12.1 Å². The van der Waals surface area contributed by atoms with Gasteiger partial charge in [0, 0.05) is 25.2 Å². The van der Waals surface area contributed by atoms with E-state index in [-0.39, 0.29) is 5.56 Å². The van der Waals surface area contributed by atoms with Crippen molar-refractivity contribution in [3.63, 3.8) is 0 Å². The number of hydrogen-bond donors (Lipinski definition) is 1. The molecular weight excluding hydrogens is 160 g/mol. The molecule has 1 aromatic rings. The lowest BCUT2D eigenvalue weighted by Crippen LogP contribution is -2.06. The first-order valence-corrected chi connectivity index (χ1v) is 3.70. The molecule has 0 atom stereocenters. The summed E-state index contributed by atoms with van der Waals surface area (Å²) in [5.74, 6) is -2.76. The second-order valence-corrected chi connectivity index (χ2v) is 2.72. The Morgan fingerprint density at radius 3 is 2.50 bits per heavy atom. The van der Waals surface area contributed by atoms with Gasteiger partial charge in [-0.25, -0.2) is 8.78 Å². The first-order valence-electron chi connectivity index (χ1n) is 3.70. The average molecular weight is 171 g/mol. The highest BCUT2D eigenvalue weighted by molar-refractivity contribution is 5.45. The highest BCUT2D eigenvalue weighted by Crippen LogP contribution is 2.28. The molecule has 1 aromatic carbocycles. The molecule has 1 N–H and O–H groups in total. The van der Waals surface area contributed by atoms with E-state index in [1.54, 1.807) is 19.2 Å². The van der Waals surface area contributed by atoms with Crippen LogP contribution in [-0.2, 0) is 5.92 Å². The summed E-state index contributed by atoms with van der Waals surface area (Å²) >= 11 is 0. The van der Waals surface area contributed by atoms with Crippen molar-refractivity contribution in [2.75, 3.05) is 12.4 Å². The summed E-state index contributed by atoms with van der Waals surface area (Å²) in [4.78, 5) is 0. The Hall–Kier alpha value is -1.12. The van der Waals surface area contributed by atoms with Crippen LogP contribution in [0.1, 0.15) is 12.5 Å².